The molecule has 15 aromatic rings. The Bertz CT molecular complexity index is 4990. The number of para-hydroxylation sites is 2. The van der Waals surface area contributed by atoms with Crippen molar-refractivity contribution >= 4 is 60.4 Å². The van der Waals surface area contributed by atoms with E-state index in [4.69, 9.17) is 4.74 Å². The maximum absolute atomic E-state index is 7.24. The number of ether oxygens (including phenoxy) is 1. The highest BCUT2D eigenvalue weighted by atomic mass is 16.5. The van der Waals surface area contributed by atoms with Crippen molar-refractivity contribution in [1.82, 2.24) is 4.57 Å². The lowest BCUT2D eigenvalue weighted by atomic mass is 9.65. The molecule has 0 atom stereocenters. The van der Waals surface area contributed by atoms with E-state index in [2.05, 4.69) is 325 Å². The van der Waals surface area contributed by atoms with Crippen LogP contribution < -0.4 is 9.64 Å². The summed E-state index contributed by atoms with van der Waals surface area (Å²) < 4.78 is 9.61. The monoisotopic (exact) mass is 1070 g/mol. The van der Waals surface area contributed by atoms with E-state index in [-0.39, 0.29) is 0 Å². The standard InChI is InChI=1S/C81H52N2O/c1-3-16-53(17-4-1)54-34-42-64(43-35-54)82(65-44-36-57(37-45-65)61-41-49-78-72(51-61)71-27-12-14-29-77(71)83(78)63-21-5-2-6-22-63)66-23-15-20-60(50-66)55-30-32-56(33-31-55)62-38-46-70-69-26-11-13-28-73(69)81(76(70)52-62)74-47-39-58-18-7-9-24-67(58)79(74)84-80-68-25-10-8-19-59(68)40-48-75(80)81/h1-52H. The Morgan fingerprint density at radius 3 is 1.39 bits per heavy atom. The van der Waals surface area contributed by atoms with Crippen molar-refractivity contribution in [3.63, 3.8) is 0 Å². The van der Waals surface area contributed by atoms with Crippen molar-refractivity contribution in [1.29, 1.82) is 0 Å². The second-order valence-electron chi connectivity index (χ2n) is 22.3. The van der Waals surface area contributed by atoms with Crippen molar-refractivity contribution in [3.05, 3.63) is 338 Å². The first-order valence-corrected chi connectivity index (χ1v) is 29.0. The highest BCUT2D eigenvalue weighted by Gasteiger charge is 2.52. The van der Waals surface area contributed by atoms with Crippen molar-refractivity contribution < 1.29 is 4.74 Å². The number of anilines is 3. The van der Waals surface area contributed by atoms with Gasteiger partial charge in [-0.3, -0.25) is 0 Å². The third kappa shape index (κ3) is 7.39. The first-order valence-electron chi connectivity index (χ1n) is 29.0. The normalized spacial score (nSPS) is 12.7. The van der Waals surface area contributed by atoms with E-state index < -0.39 is 5.41 Å². The summed E-state index contributed by atoms with van der Waals surface area (Å²) in [5.41, 5.74) is 22.9. The van der Waals surface area contributed by atoms with Crippen LogP contribution in [0.4, 0.5) is 17.1 Å². The molecule has 0 fully saturated rings. The van der Waals surface area contributed by atoms with Gasteiger partial charge in [0.1, 0.15) is 11.5 Å². The fourth-order valence-corrected chi connectivity index (χ4v) is 14.0. The molecule has 0 saturated carbocycles. The SMILES string of the molecule is c1ccc(-c2ccc(N(c3ccc(-c4ccc5c(c4)c4ccccc4n5-c4ccccc4)cc3)c3cccc(-c4ccc(-c5ccc6c(c5)C5(c7ccccc7-6)c6ccc7ccccc7c6Oc6c5ccc5ccccc65)cc4)c3)cc2)cc1. The Kier molecular flexibility index (Phi) is 10.8. The molecule has 17 rings (SSSR count). The third-order valence-corrected chi connectivity index (χ3v) is 17.9. The molecule has 0 bridgehead atoms. The summed E-state index contributed by atoms with van der Waals surface area (Å²) in [4.78, 5) is 2.38. The van der Waals surface area contributed by atoms with E-state index in [1.165, 1.54) is 77.4 Å². The molecule has 0 radical (unpaired) electrons. The Hall–Kier alpha value is -11.0. The highest BCUT2D eigenvalue weighted by Crippen LogP contribution is 2.64. The summed E-state index contributed by atoms with van der Waals surface area (Å²) in [5, 5.41) is 7.04. The molecular weight excluding hydrogens is 1020 g/mol. The number of aromatic nitrogens is 1. The molecule has 2 aliphatic rings. The van der Waals surface area contributed by atoms with Crippen LogP contribution in [0, 0.1) is 0 Å². The lowest BCUT2D eigenvalue weighted by molar-refractivity contribution is 0.447. The molecule has 1 aliphatic carbocycles. The molecule has 3 nitrogen and oxygen atoms in total. The summed E-state index contributed by atoms with van der Waals surface area (Å²) >= 11 is 0. The molecule has 0 saturated heterocycles. The lowest BCUT2D eigenvalue weighted by Gasteiger charge is -2.40. The average molecular weight is 1070 g/mol. The zero-order chi connectivity index (χ0) is 55.3. The number of nitrogens with zero attached hydrogens (tertiary/aromatic N) is 2. The summed E-state index contributed by atoms with van der Waals surface area (Å²) in [6.07, 6.45) is 0. The predicted molar refractivity (Wildman–Crippen MR) is 350 cm³/mol. The average Bonchev–Trinajstić information content (AvgIpc) is 1.53. The van der Waals surface area contributed by atoms with E-state index in [0.717, 1.165) is 78.0 Å². The fraction of sp³-hybridized carbons (Fsp3) is 0.0123. The van der Waals surface area contributed by atoms with Crippen LogP contribution in [0.25, 0.3) is 105 Å². The summed E-state index contributed by atoms with van der Waals surface area (Å²) in [7, 11) is 0. The van der Waals surface area contributed by atoms with Crippen LogP contribution >= 0.6 is 0 Å². The van der Waals surface area contributed by atoms with Gasteiger partial charge in [0.05, 0.1) is 16.4 Å². The Morgan fingerprint density at radius 1 is 0.262 bits per heavy atom. The summed E-state index contributed by atoms with van der Waals surface area (Å²) in [6, 6.07) is 116. The van der Waals surface area contributed by atoms with Gasteiger partial charge in [0.15, 0.2) is 0 Å². The second-order valence-corrected chi connectivity index (χ2v) is 22.3. The van der Waals surface area contributed by atoms with Crippen LogP contribution in [0.15, 0.2) is 315 Å². The van der Waals surface area contributed by atoms with Crippen molar-refractivity contribution in [3.8, 4) is 72.8 Å². The summed E-state index contributed by atoms with van der Waals surface area (Å²) in [5.74, 6) is 1.85. The molecule has 392 valence electrons. The van der Waals surface area contributed by atoms with Crippen LogP contribution in [-0.4, -0.2) is 4.57 Å². The molecule has 0 unspecified atom stereocenters. The van der Waals surface area contributed by atoms with Crippen molar-refractivity contribution in [2.24, 2.45) is 0 Å². The smallest absolute Gasteiger partial charge is 0.140 e. The maximum Gasteiger partial charge on any atom is 0.140 e. The van der Waals surface area contributed by atoms with Gasteiger partial charge in [-0.15, -0.1) is 0 Å². The van der Waals surface area contributed by atoms with Crippen LogP contribution in [0.2, 0.25) is 0 Å². The molecule has 84 heavy (non-hydrogen) atoms. The number of fused-ring (bicyclic) bond motifs is 16. The van der Waals surface area contributed by atoms with Crippen LogP contribution in [0.3, 0.4) is 0 Å². The van der Waals surface area contributed by atoms with E-state index in [0.29, 0.717) is 0 Å². The Morgan fingerprint density at radius 2 is 0.726 bits per heavy atom. The minimum Gasteiger partial charge on any atom is -0.455 e. The van der Waals surface area contributed by atoms with Gasteiger partial charge in [0.2, 0.25) is 0 Å². The van der Waals surface area contributed by atoms with Crippen molar-refractivity contribution in [2.75, 3.05) is 4.90 Å². The van der Waals surface area contributed by atoms with E-state index in [1.807, 2.05) is 0 Å². The highest BCUT2D eigenvalue weighted by molar-refractivity contribution is 6.10. The van der Waals surface area contributed by atoms with Gasteiger partial charge in [0.25, 0.3) is 0 Å². The minimum atomic E-state index is -0.618. The van der Waals surface area contributed by atoms with Gasteiger partial charge in [-0.2, -0.15) is 0 Å². The van der Waals surface area contributed by atoms with E-state index in [1.54, 1.807) is 0 Å². The zero-order valence-electron chi connectivity index (χ0n) is 45.8. The molecule has 1 aliphatic heterocycles. The number of hydrogen-bond donors (Lipinski definition) is 0. The van der Waals surface area contributed by atoms with E-state index in [9.17, 15) is 0 Å². The van der Waals surface area contributed by atoms with Crippen LogP contribution in [-0.2, 0) is 5.41 Å². The molecule has 1 spiro atoms. The first-order chi connectivity index (χ1) is 41.6. The van der Waals surface area contributed by atoms with Gasteiger partial charge in [-0.05, 0) is 150 Å². The molecule has 14 aromatic carbocycles. The molecule has 2 heterocycles. The second kappa shape index (κ2) is 19.1. The first kappa shape index (κ1) is 47.8. The topological polar surface area (TPSA) is 17.4 Å². The maximum atomic E-state index is 7.24. The minimum absolute atomic E-state index is 0.618. The largest absolute Gasteiger partial charge is 0.455 e. The molecule has 1 aromatic heterocycles. The fourth-order valence-electron chi connectivity index (χ4n) is 14.0. The van der Waals surface area contributed by atoms with Gasteiger partial charge >= 0.3 is 0 Å². The molecule has 3 heteroatoms. The quantitative estimate of drug-likeness (QED) is 0.151. The molecular formula is C81H52N2O. The van der Waals surface area contributed by atoms with Gasteiger partial charge in [-0.1, -0.05) is 243 Å². The van der Waals surface area contributed by atoms with Gasteiger partial charge in [-0.25, -0.2) is 0 Å². The molecule has 0 N–H and O–H groups in total. The summed E-state index contributed by atoms with van der Waals surface area (Å²) in [6.45, 7) is 0. The Balaban J connectivity index is 0.744. The number of rotatable bonds is 8. The van der Waals surface area contributed by atoms with Crippen molar-refractivity contribution in [2.45, 2.75) is 5.41 Å². The van der Waals surface area contributed by atoms with Gasteiger partial charge < -0.3 is 14.2 Å². The number of hydrogen-bond acceptors (Lipinski definition) is 2. The van der Waals surface area contributed by atoms with Crippen LogP contribution in [0.5, 0.6) is 11.5 Å². The molecule has 0 amide bonds. The number of benzene rings is 14. The van der Waals surface area contributed by atoms with Crippen LogP contribution in [0.1, 0.15) is 22.3 Å². The Labute approximate surface area is 487 Å². The zero-order valence-corrected chi connectivity index (χ0v) is 45.8. The van der Waals surface area contributed by atoms with E-state index >= 15 is 0 Å². The third-order valence-electron chi connectivity index (χ3n) is 17.9. The van der Waals surface area contributed by atoms with Gasteiger partial charge in [0, 0.05) is 55.4 Å². The predicted octanol–water partition coefficient (Wildman–Crippen LogP) is 21.7. The lowest BCUT2D eigenvalue weighted by Crippen LogP contribution is -2.32.